The number of rotatable bonds is 7. The lowest BCUT2D eigenvalue weighted by atomic mass is 10.1. The molecule has 1 N–H and O–H groups in total. The van der Waals surface area contributed by atoms with Crippen molar-refractivity contribution in [2.75, 3.05) is 14.2 Å². The van der Waals surface area contributed by atoms with Crippen LogP contribution in [0.3, 0.4) is 0 Å². The van der Waals surface area contributed by atoms with Gasteiger partial charge in [0.05, 0.1) is 20.3 Å². The predicted octanol–water partition coefficient (Wildman–Crippen LogP) is 3.51. The maximum absolute atomic E-state index is 12.1. The Hall–Kier alpha value is -2.49. The van der Waals surface area contributed by atoms with Crippen LogP contribution in [0.15, 0.2) is 48.5 Å². The topological polar surface area (TPSA) is 47.6 Å². The first-order valence-corrected chi connectivity index (χ1v) is 7.68. The normalized spacial score (nSPS) is 11.6. The molecule has 0 aromatic heterocycles. The van der Waals surface area contributed by atoms with Crippen LogP contribution in [0.25, 0.3) is 0 Å². The molecule has 0 saturated heterocycles. The summed E-state index contributed by atoms with van der Waals surface area (Å²) in [6, 6.07) is 15.5. The van der Waals surface area contributed by atoms with Crippen LogP contribution in [0, 0.1) is 0 Å². The lowest BCUT2D eigenvalue weighted by Crippen LogP contribution is -2.26. The molecule has 0 aliphatic carbocycles. The van der Waals surface area contributed by atoms with Gasteiger partial charge in [-0.25, -0.2) is 0 Å². The molecule has 1 amide bonds. The third kappa shape index (κ3) is 5.02. The van der Waals surface area contributed by atoms with E-state index >= 15 is 0 Å². The first kappa shape index (κ1) is 16.9. The Morgan fingerprint density at radius 1 is 1.04 bits per heavy atom. The second kappa shape index (κ2) is 8.22. The number of ether oxygens (including phenoxy) is 2. The molecule has 4 heteroatoms. The van der Waals surface area contributed by atoms with Crippen LogP contribution in [-0.4, -0.2) is 20.1 Å². The molecule has 0 bridgehead atoms. The van der Waals surface area contributed by atoms with Gasteiger partial charge < -0.3 is 14.8 Å². The van der Waals surface area contributed by atoms with E-state index in [2.05, 4.69) is 5.32 Å². The van der Waals surface area contributed by atoms with E-state index in [-0.39, 0.29) is 11.9 Å². The number of methoxy groups -OCH3 is 2. The number of benzene rings is 2. The minimum absolute atomic E-state index is 0.0381. The first-order chi connectivity index (χ1) is 11.1. The number of amides is 1. The Balaban J connectivity index is 1.85. The monoisotopic (exact) mass is 313 g/mol. The summed E-state index contributed by atoms with van der Waals surface area (Å²) < 4.78 is 10.3. The SMILES string of the molecule is COc1ccc(CCC(=O)N[C@H](C)c2cccc(OC)c2)cc1. The van der Waals surface area contributed by atoms with Gasteiger partial charge in [-0.3, -0.25) is 4.79 Å². The van der Waals surface area contributed by atoms with Crippen molar-refractivity contribution in [3.8, 4) is 11.5 Å². The molecule has 122 valence electrons. The minimum Gasteiger partial charge on any atom is -0.497 e. The molecule has 2 rings (SSSR count). The van der Waals surface area contributed by atoms with Gasteiger partial charge in [0.2, 0.25) is 5.91 Å². The Labute approximate surface area is 137 Å². The minimum atomic E-state index is -0.0477. The second-order valence-electron chi connectivity index (χ2n) is 5.41. The number of carbonyl (C=O) groups is 1. The van der Waals surface area contributed by atoms with E-state index < -0.39 is 0 Å². The van der Waals surface area contributed by atoms with E-state index in [1.165, 1.54) is 0 Å². The van der Waals surface area contributed by atoms with Gasteiger partial charge in [0.25, 0.3) is 0 Å². The number of nitrogens with one attached hydrogen (secondary N) is 1. The molecule has 0 aliphatic rings. The average molecular weight is 313 g/mol. The van der Waals surface area contributed by atoms with Crippen LogP contribution in [0.5, 0.6) is 11.5 Å². The van der Waals surface area contributed by atoms with Crippen LogP contribution >= 0.6 is 0 Å². The largest absolute Gasteiger partial charge is 0.497 e. The molecule has 0 fully saturated rings. The summed E-state index contributed by atoms with van der Waals surface area (Å²) in [6.45, 7) is 1.97. The fraction of sp³-hybridized carbons (Fsp3) is 0.316. The number of aryl methyl sites for hydroxylation is 1. The number of hydrogen-bond acceptors (Lipinski definition) is 3. The third-order valence-electron chi connectivity index (χ3n) is 3.77. The van der Waals surface area contributed by atoms with E-state index in [9.17, 15) is 4.79 Å². The highest BCUT2D eigenvalue weighted by Gasteiger charge is 2.10. The lowest BCUT2D eigenvalue weighted by Gasteiger charge is -2.15. The molecule has 4 nitrogen and oxygen atoms in total. The quantitative estimate of drug-likeness (QED) is 0.851. The van der Waals surface area contributed by atoms with Gasteiger partial charge in [0.15, 0.2) is 0 Å². The summed E-state index contributed by atoms with van der Waals surface area (Å²) in [5, 5.41) is 3.02. The highest BCUT2D eigenvalue weighted by Crippen LogP contribution is 2.19. The van der Waals surface area contributed by atoms with Gasteiger partial charge in [0, 0.05) is 6.42 Å². The van der Waals surface area contributed by atoms with Crippen molar-refractivity contribution in [2.24, 2.45) is 0 Å². The maximum atomic E-state index is 12.1. The molecular formula is C19H23NO3. The Morgan fingerprint density at radius 2 is 1.74 bits per heavy atom. The molecule has 0 radical (unpaired) electrons. The fourth-order valence-corrected chi connectivity index (χ4v) is 2.36. The molecule has 2 aromatic carbocycles. The molecule has 0 saturated carbocycles. The molecular weight excluding hydrogens is 290 g/mol. The average Bonchev–Trinajstić information content (AvgIpc) is 2.60. The van der Waals surface area contributed by atoms with Gasteiger partial charge in [0.1, 0.15) is 11.5 Å². The summed E-state index contributed by atoms with van der Waals surface area (Å²) >= 11 is 0. The highest BCUT2D eigenvalue weighted by molar-refractivity contribution is 5.76. The van der Waals surface area contributed by atoms with Crippen molar-refractivity contribution in [2.45, 2.75) is 25.8 Å². The zero-order valence-electron chi connectivity index (χ0n) is 13.8. The van der Waals surface area contributed by atoms with Crippen LogP contribution < -0.4 is 14.8 Å². The van der Waals surface area contributed by atoms with Crippen LogP contribution in [0.4, 0.5) is 0 Å². The second-order valence-corrected chi connectivity index (χ2v) is 5.41. The number of carbonyl (C=O) groups excluding carboxylic acids is 1. The van der Waals surface area contributed by atoms with E-state index in [0.29, 0.717) is 12.8 Å². The van der Waals surface area contributed by atoms with Crippen molar-refractivity contribution in [3.63, 3.8) is 0 Å². The van der Waals surface area contributed by atoms with E-state index in [1.807, 2.05) is 55.5 Å². The van der Waals surface area contributed by atoms with Crippen LogP contribution in [0.2, 0.25) is 0 Å². The van der Waals surface area contributed by atoms with E-state index in [0.717, 1.165) is 22.6 Å². The van der Waals surface area contributed by atoms with Gasteiger partial charge in [-0.2, -0.15) is 0 Å². The van der Waals surface area contributed by atoms with Crippen molar-refractivity contribution in [3.05, 3.63) is 59.7 Å². The predicted molar refractivity (Wildman–Crippen MR) is 90.9 cm³/mol. The molecule has 2 aromatic rings. The molecule has 23 heavy (non-hydrogen) atoms. The van der Waals surface area contributed by atoms with Crippen molar-refractivity contribution < 1.29 is 14.3 Å². The molecule has 0 aliphatic heterocycles. The summed E-state index contributed by atoms with van der Waals surface area (Å²) in [4.78, 5) is 12.1. The van der Waals surface area contributed by atoms with Crippen molar-refractivity contribution in [1.82, 2.24) is 5.32 Å². The highest BCUT2D eigenvalue weighted by atomic mass is 16.5. The van der Waals surface area contributed by atoms with Crippen LogP contribution in [-0.2, 0) is 11.2 Å². The van der Waals surface area contributed by atoms with Gasteiger partial charge in [-0.15, -0.1) is 0 Å². The van der Waals surface area contributed by atoms with Crippen LogP contribution in [0.1, 0.15) is 30.5 Å². The molecule has 0 spiro atoms. The Morgan fingerprint density at radius 3 is 2.39 bits per heavy atom. The van der Waals surface area contributed by atoms with Crippen molar-refractivity contribution in [1.29, 1.82) is 0 Å². The summed E-state index contributed by atoms with van der Waals surface area (Å²) in [6.07, 6.45) is 1.17. The van der Waals surface area contributed by atoms with Gasteiger partial charge in [-0.05, 0) is 48.7 Å². The van der Waals surface area contributed by atoms with Gasteiger partial charge >= 0.3 is 0 Å². The zero-order valence-corrected chi connectivity index (χ0v) is 13.8. The molecule has 0 heterocycles. The standard InChI is InChI=1S/C19H23NO3/c1-14(16-5-4-6-18(13-16)23-3)20-19(21)12-9-15-7-10-17(22-2)11-8-15/h4-8,10-11,13-14H,9,12H2,1-3H3,(H,20,21)/t14-/m1/s1. The Bertz CT molecular complexity index is 637. The summed E-state index contributed by atoms with van der Waals surface area (Å²) in [5.41, 5.74) is 2.15. The maximum Gasteiger partial charge on any atom is 0.220 e. The molecule has 0 unspecified atom stereocenters. The third-order valence-corrected chi connectivity index (χ3v) is 3.77. The van der Waals surface area contributed by atoms with Gasteiger partial charge in [-0.1, -0.05) is 24.3 Å². The number of hydrogen-bond donors (Lipinski definition) is 1. The lowest BCUT2D eigenvalue weighted by molar-refractivity contribution is -0.121. The summed E-state index contributed by atoms with van der Waals surface area (Å²) in [7, 11) is 3.28. The summed E-state index contributed by atoms with van der Waals surface area (Å²) in [5.74, 6) is 1.66. The first-order valence-electron chi connectivity index (χ1n) is 7.68. The van der Waals surface area contributed by atoms with Crippen molar-refractivity contribution >= 4 is 5.91 Å². The van der Waals surface area contributed by atoms with E-state index in [4.69, 9.17) is 9.47 Å². The zero-order chi connectivity index (χ0) is 16.7. The molecule has 1 atom stereocenters. The Kier molecular flexibility index (Phi) is 6.03. The smallest absolute Gasteiger partial charge is 0.220 e. The van der Waals surface area contributed by atoms with E-state index in [1.54, 1.807) is 14.2 Å². The fourth-order valence-electron chi connectivity index (χ4n) is 2.36.